The molecule has 4 aliphatic carbocycles. The molecule has 0 radical (unpaired) electrons. The van der Waals surface area contributed by atoms with Gasteiger partial charge in [-0.25, -0.2) is 4.39 Å². The minimum Gasteiger partial charge on any atom is -0.381 e. The van der Waals surface area contributed by atoms with E-state index in [1.165, 1.54) is 6.08 Å². The van der Waals surface area contributed by atoms with Gasteiger partial charge in [0.1, 0.15) is 17.9 Å². The van der Waals surface area contributed by atoms with Crippen LogP contribution < -0.4 is 0 Å². The molecule has 4 rings (SSSR count). The Bertz CT molecular complexity index is 831. The van der Waals surface area contributed by atoms with Gasteiger partial charge in [-0.3, -0.25) is 9.59 Å². The first-order chi connectivity index (χ1) is 13.9. The van der Waals surface area contributed by atoms with E-state index >= 15 is 4.39 Å². The molecule has 7 atom stereocenters. The lowest BCUT2D eigenvalue weighted by atomic mass is 9.45. The van der Waals surface area contributed by atoms with E-state index in [1.54, 1.807) is 12.2 Å². The first kappa shape index (κ1) is 21.9. The third kappa shape index (κ3) is 2.63. The van der Waals surface area contributed by atoms with Crippen LogP contribution in [0.3, 0.4) is 0 Å². The highest BCUT2D eigenvalue weighted by Crippen LogP contribution is 2.70. The van der Waals surface area contributed by atoms with Gasteiger partial charge in [0, 0.05) is 10.8 Å². The molecule has 3 saturated carbocycles. The quantitative estimate of drug-likeness (QED) is 0.737. The molecule has 3 fully saturated rings. The summed E-state index contributed by atoms with van der Waals surface area (Å²) in [5.74, 6) is -0.905. The third-order valence-corrected chi connectivity index (χ3v) is 9.22. The van der Waals surface area contributed by atoms with Crippen molar-refractivity contribution >= 4 is 11.6 Å². The van der Waals surface area contributed by atoms with E-state index in [0.29, 0.717) is 25.7 Å². The van der Waals surface area contributed by atoms with Crippen molar-refractivity contribution in [2.24, 2.45) is 28.6 Å². The molecule has 0 unspecified atom stereocenters. The molecule has 5 heteroatoms. The summed E-state index contributed by atoms with van der Waals surface area (Å²) >= 11 is 0. The highest BCUT2D eigenvalue weighted by atomic mass is 19.1. The normalized spacial score (nSPS) is 47.5. The zero-order chi connectivity index (χ0) is 22.1. The SMILES string of the molecule is CC(C)OCC(=O)[C@@]1(O)[C@H](C)C[C@H]2[C@@H]3CCC4=CC(=O)C=C[C@]4(C)[C@@]3(F)CC[C@@]21C. The minimum atomic E-state index is -1.50. The van der Waals surface area contributed by atoms with Gasteiger partial charge in [0.15, 0.2) is 11.6 Å². The first-order valence-electron chi connectivity index (χ1n) is 11.4. The molecule has 0 aromatic carbocycles. The summed E-state index contributed by atoms with van der Waals surface area (Å²) in [5.41, 5.74) is -3.54. The minimum absolute atomic E-state index is 0.0650. The average molecular weight is 419 g/mol. The fraction of sp³-hybridized carbons (Fsp3) is 0.760. The molecule has 0 aromatic heterocycles. The lowest BCUT2D eigenvalue weighted by Gasteiger charge is -2.61. The molecule has 0 aliphatic heterocycles. The summed E-state index contributed by atoms with van der Waals surface area (Å²) in [6.07, 6.45) is 7.50. The van der Waals surface area contributed by atoms with Gasteiger partial charge in [-0.1, -0.05) is 25.5 Å². The number of rotatable bonds is 4. The van der Waals surface area contributed by atoms with Crippen LogP contribution in [0.25, 0.3) is 0 Å². The molecule has 0 heterocycles. The number of carbonyl (C=O) groups is 2. The molecular formula is C25H35FO4. The first-order valence-corrected chi connectivity index (χ1v) is 11.4. The van der Waals surface area contributed by atoms with Crippen LogP contribution in [-0.2, 0) is 14.3 Å². The number of hydrogen-bond acceptors (Lipinski definition) is 4. The fourth-order valence-corrected chi connectivity index (χ4v) is 7.38. The second-order valence-corrected chi connectivity index (χ2v) is 10.8. The maximum Gasteiger partial charge on any atom is 0.190 e. The zero-order valence-corrected chi connectivity index (χ0v) is 18.8. The molecule has 0 amide bonds. The highest BCUT2D eigenvalue weighted by molar-refractivity contribution is 6.01. The van der Waals surface area contributed by atoms with E-state index in [2.05, 4.69) is 0 Å². The predicted molar refractivity (Wildman–Crippen MR) is 113 cm³/mol. The second-order valence-electron chi connectivity index (χ2n) is 10.8. The van der Waals surface area contributed by atoms with Gasteiger partial charge >= 0.3 is 0 Å². The van der Waals surface area contributed by atoms with E-state index in [0.717, 1.165) is 5.57 Å². The number of ether oxygens (including phenoxy) is 1. The fourth-order valence-electron chi connectivity index (χ4n) is 7.38. The number of Topliss-reactive ketones (excluding diaryl/α,β-unsaturated/α-hetero) is 1. The van der Waals surface area contributed by atoms with Gasteiger partial charge < -0.3 is 9.84 Å². The lowest BCUT2D eigenvalue weighted by molar-refractivity contribution is -0.184. The Kier molecular flexibility index (Phi) is 4.98. The lowest BCUT2D eigenvalue weighted by Crippen LogP contribution is -2.64. The molecule has 0 saturated heterocycles. The van der Waals surface area contributed by atoms with Crippen LogP contribution in [0.2, 0.25) is 0 Å². The monoisotopic (exact) mass is 418 g/mol. The number of allylic oxidation sites excluding steroid dienone is 4. The number of carbonyl (C=O) groups excluding carboxylic acids is 2. The van der Waals surface area contributed by atoms with Crippen LogP contribution in [0.4, 0.5) is 4.39 Å². The van der Waals surface area contributed by atoms with Crippen LogP contribution in [-0.4, -0.2) is 40.7 Å². The Morgan fingerprint density at radius 2 is 2.00 bits per heavy atom. The average Bonchev–Trinajstić information content (AvgIpc) is 2.89. The molecule has 0 spiro atoms. The maximum atomic E-state index is 16.9. The van der Waals surface area contributed by atoms with Crippen LogP contribution in [0.15, 0.2) is 23.8 Å². The summed E-state index contributed by atoms with van der Waals surface area (Å²) in [5, 5.41) is 11.8. The van der Waals surface area contributed by atoms with Crippen molar-refractivity contribution in [1.29, 1.82) is 0 Å². The van der Waals surface area contributed by atoms with Crippen molar-refractivity contribution in [3.05, 3.63) is 23.8 Å². The van der Waals surface area contributed by atoms with Crippen molar-refractivity contribution in [3.8, 4) is 0 Å². The molecule has 0 aromatic rings. The smallest absolute Gasteiger partial charge is 0.190 e. The number of aliphatic hydroxyl groups is 1. The molecule has 30 heavy (non-hydrogen) atoms. The van der Waals surface area contributed by atoms with Crippen molar-refractivity contribution in [1.82, 2.24) is 0 Å². The van der Waals surface area contributed by atoms with E-state index in [4.69, 9.17) is 4.74 Å². The summed E-state index contributed by atoms with van der Waals surface area (Å²) in [6, 6.07) is 0. The van der Waals surface area contributed by atoms with Crippen molar-refractivity contribution in [2.45, 2.75) is 84.1 Å². The largest absolute Gasteiger partial charge is 0.381 e. The molecule has 1 N–H and O–H groups in total. The highest BCUT2D eigenvalue weighted by Gasteiger charge is 2.72. The number of alkyl halides is 1. The zero-order valence-electron chi connectivity index (χ0n) is 18.8. The summed E-state index contributed by atoms with van der Waals surface area (Å²) < 4.78 is 22.5. The molecule has 4 aliphatic rings. The van der Waals surface area contributed by atoms with Crippen molar-refractivity contribution in [3.63, 3.8) is 0 Å². The molecular weight excluding hydrogens is 383 g/mol. The van der Waals surface area contributed by atoms with E-state index in [-0.39, 0.29) is 48.5 Å². The Balaban J connectivity index is 1.70. The summed E-state index contributed by atoms with van der Waals surface area (Å²) in [4.78, 5) is 25.1. The Hall–Kier alpha value is -1.33. The van der Waals surface area contributed by atoms with Gasteiger partial charge in [-0.15, -0.1) is 0 Å². The van der Waals surface area contributed by atoms with Crippen LogP contribution in [0.1, 0.15) is 66.7 Å². The van der Waals surface area contributed by atoms with E-state index in [9.17, 15) is 14.7 Å². The maximum absolute atomic E-state index is 16.9. The van der Waals surface area contributed by atoms with Crippen LogP contribution >= 0.6 is 0 Å². The van der Waals surface area contributed by atoms with Crippen molar-refractivity contribution in [2.75, 3.05) is 6.61 Å². The van der Waals surface area contributed by atoms with E-state index in [1.807, 2.05) is 34.6 Å². The van der Waals surface area contributed by atoms with Gasteiger partial charge in [-0.05, 0) is 82.8 Å². The van der Waals surface area contributed by atoms with Gasteiger partial charge in [0.25, 0.3) is 0 Å². The number of halogens is 1. The van der Waals surface area contributed by atoms with Crippen LogP contribution in [0, 0.1) is 28.6 Å². The second kappa shape index (κ2) is 6.83. The van der Waals surface area contributed by atoms with Crippen molar-refractivity contribution < 1.29 is 23.8 Å². The Morgan fingerprint density at radius 3 is 2.67 bits per heavy atom. The molecule has 166 valence electrons. The third-order valence-electron chi connectivity index (χ3n) is 9.22. The molecule has 4 nitrogen and oxygen atoms in total. The number of hydrogen-bond donors (Lipinski definition) is 1. The molecule has 0 bridgehead atoms. The number of ketones is 2. The van der Waals surface area contributed by atoms with E-state index < -0.39 is 22.1 Å². The number of fused-ring (bicyclic) bond motifs is 5. The standard InChI is InChI=1S/C25H35FO4/c1-15(2)30-14-21(28)25(29)16(3)12-20-19-7-6-17-13-18(27)8-9-22(17,4)24(19,26)11-10-23(20,25)5/h8-9,13,15-16,19-20,29H,6-7,10-12,14H2,1-5H3/t16-,19+,20+,22+,23+,24-,25+/m1/s1. The summed E-state index contributed by atoms with van der Waals surface area (Å²) in [7, 11) is 0. The topological polar surface area (TPSA) is 63.6 Å². The predicted octanol–water partition coefficient (Wildman–Crippen LogP) is 4.36. The summed E-state index contributed by atoms with van der Waals surface area (Å²) in [6.45, 7) is 9.46. The Morgan fingerprint density at radius 1 is 1.30 bits per heavy atom. The van der Waals surface area contributed by atoms with Gasteiger partial charge in [0.05, 0.1) is 6.10 Å². The van der Waals surface area contributed by atoms with Crippen LogP contribution in [0.5, 0.6) is 0 Å². The van der Waals surface area contributed by atoms with Gasteiger partial charge in [-0.2, -0.15) is 0 Å². The Labute approximate surface area is 178 Å². The van der Waals surface area contributed by atoms with Gasteiger partial charge in [0.2, 0.25) is 0 Å².